The third-order valence-corrected chi connectivity index (χ3v) is 2.89. The van der Waals surface area contributed by atoms with Crippen LogP contribution in [0.2, 0.25) is 0 Å². The predicted octanol–water partition coefficient (Wildman–Crippen LogP) is 1.60. The topological polar surface area (TPSA) is 21.7 Å². The number of para-hydroxylation sites is 1. The van der Waals surface area contributed by atoms with Crippen molar-refractivity contribution in [1.82, 2.24) is 0 Å². The average Bonchev–Trinajstić information content (AvgIpc) is 2.79. The molecule has 2 atom stereocenters. The van der Waals surface area contributed by atoms with Gasteiger partial charge in [0.25, 0.3) is 0 Å². The fourth-order valence-electron chi connectivity index (χ4n) is 2.19. The minimum atomic E-state index is 0.136. The van der Waals surface area contributed by atoms with Crippen LogP contribution >= 0.6 is 0 Å². The number of nitrogens with zero attached hydrogens (tertiary/aromatic N) is 1. The van der Waals surface area contributed by atoms with E-state index in [2.05, 4.69) is 29.2 Å². The fraction of sp³-hybridized carbons (Fsp3) is 0.455. The third kappa shape index (κ3) is 1.21. The molecule has 3 nitrogen and oxygen atoms in total. The highest BCUT2D eigenvalue weighted by molar-refractivity contribution is 5.48. The molecule has 2 aliphatic rings. The quantitative estimate of drug-likeness (QED) is 0.673. The highest BCUT2D eigenvalue weighted by Gasteiger charge is 2.39. The van der Waals surface area contributed by atoms with Crippen molar-refractivity contribution >= 4 is 5.69 Å². The van der Waals surface area contributed by atoms with Gasteiger partial charge in [-0.05, 0) is 18.6 Å². The van der Waals surface area contributed by atoms with E-state index in [0.717, 1.165) is 13.0 Å². The molecule has 2 saturated heterocycles. The smallest absolute Gasteiger partial charge is 0.159 e. The van der Waals surface area contributed by atoms with E-state index < -0.39 is 0 Å². The largest absolute Gasteiger partial charge is 0.347 e. The molecule has 0 spiro atoms. The number of ether oxygens (including phenoxy) is 2. The Morgan fingerprint density at radius 2 is 2.00 bits per heavy atom. The van der Waals surface area contributed by atoms with Crippen molar-refractivity contribution in [3.63, 3.8) is 0 Å². The van der Waals surface area contributed by atoms with E-state index in [1.807, 2.05) is 6.07 Å². The second-order valence-corrected chi connectivity index (χ2v) is 3.70. The zero-order chi connectivity index (χ0) is 9.38. The zero-order valence-electron chi connectivity index (χ0n) is 7.93. The van der Waals surface area contributed by atoms with Crippen molar-refractivity contribution < 1.29 is 9.47 Å². The van der Waals surface area contributed by atoms with Gasteiger partial charge in [0.15, 0.2) is 6.23 Å². The number of benzene rings is 1. The Kier molecular flexibility index (Phi) is 1.92. The minimum absolute atomic E-state index is 0.136. The van der Waals surface area contributed by atoms with E-state index in [-0.39, 0.29) is 12.3 Å². The van der Waals surface area contributed by atoms with Crippen molar-refractivity contribution in [1.29, 1.82) is 0 Å². The maximum Gasteiger partial charge on any atom is 0.159 e. The molecule has 2 fully saturated rings. The standard InChI is InChI=1S/C11H13NO2/c1-2-4-9(5-3-1)12-7-6-10-11(12)14-8-13-10/h1-5,10-11H,6-8H2. The lowest BCUT2D eigenvalue weighted by Gasteiger charge is -2.23. The number of fused-ring (bicyclic) bond motifs is 1. The molecule has 0 aromatic heterocycles. The second kappa shape index (κ2) is 3.26. The molecule has 0 radical (unpaired) electrons. The van der Waals surface area contributed by atoms with Gasteiger partial charge in [0, 0.05) is 12.2 Å². The Morgan fingerprint density at radius 3 is 2.86 bits per heavy atom. The normalized spacial score (nSPS) is 30.7. The summed E-state index contributed by atoms with van der Waals surface area (Å²) in [6, 6.07) is 10.4. The first kappa shape index (κ1) is 8.26. The SMILES string of the molecule is c1ccc(N2CCC3OCOC32)cc1. The predicted molar refractivity (Wildman–Crippen MR) is 53.0 cm³/mol. The summed E-state index contributed by atoms with van der Waals surface area (Å²) >= 11 is 0. The van der Waals surface area contributed by atoms with Gasteiger partial charge in [-0.2, -0.15) is 0 Å². The Morgan fingerprint density at radius 1 is 1.14 bits per heavy atom. The molecule has 3 rings (SSSR count). The molecule has 0 bridgehead atoms. The van der Waals surface area contributed by atoms with Gasteiger partial charge >= 0.3 is 0 Å². The molecular formula is C11H13NO2. The Balaban J connectivity index is 1.86. The van der Waals surface area contributed by atoms with Crippen LogP contribution in [0.3, 0.4) is 0 Å². The molecule has 2 heterocycles. The molecule has 0 aliphatic carbocycles. The van der Waals surface area contributed by atoms with Crippen LogP contribution in [0.5, 0.6) is 0 Å². The Labute approximate surface area is 83.2 Å². The third-order valence-electron chi connectivity index (χ3n) is 2.89. The van der Waals surface area contributed by atoms with Gasteiger partial charge in [0.05, 0.1) is 0 Å². The lowest BCUT2D eigenvalue weighted by Crippen LogP contribution is -2.33. The van der Waals surface area contributed by atoms with Crippen molar-refractivity contribution in [2.24, 2.45) is 0 Å². The molecule has 1 aromatic carbocycles. The van der Waals surface area contributed by atoms with E-state index in [1.54, 1.807) is 0 Å². The van der Waals surface area contributed by atoms with Crippen LogP contribution in [0.4, 0.5) is 5.69 Å². The zero-order valence-corrected chi connectivity index (χ0v) is 7.93. The minimum Gasteiger partial charge on any atom is -0.347 e. The van der Waals surface area contributed by atoms with E-state index in [4.69, 9.17) is 9.47 Å². The molecule has 74 valence electrons. The van der Waals surface area contributed by atoms with Crippen molar-refractivity contribution in [3.05, 3.63) is 30.3 Å². The summed E-state index contributed by atoms with van der Waals surface area (Å²) in [6.45, 7) is 1.47. The first-order chi connectivity index (χ1) is 6.95. The van der Waals surface area contributed by atoms with Gasteiger partial charge in [-0.3, -0.25) is 0 Å². The Bertz CT molecular complexity index is 314. The van der Waals surface area contributed by atoms with Crippen LogP contribution in [0.15, 0.2) is 30.3 Å². The summed E-state index contributed by atoms with van der Waals surface area (Å²) in [5, 5.41) is 0. The molecule has 2 unspecified atom stereocenters. The van der Waals surface area contributed by atoms with Crippen LogP contribution < -0.4 is 4.90 Å². The van der Waals surface area contributed by atoms with Crippen molar-refractivity contribution in [2.75, 3.05) is 18.2 Å². The molecular weight excluding hydrogens is 178 g/mol. The highest BCUT2D eigenvalue weighted by atomic mass is 16.7. The average molecular weight is 191 g/mol. The molecule has 0 amide bonds. The van der Waals surface area contributed by atoms with E-state index in [9.17, 15) is 0 Å². The number of anilines is 1. The number of hydrogen-bond acceptors (Lipinski definition) is 3. The van der Waals surface area contributed by atoms with Gasteiger partial charge < -0.3 is 14.4 Å². The second-order valence-electron chi connectivity index (χ2n) is 3.70. The number of rotatable bonds is 1. The lowest BCUT2D eigenvalue weighted by molar-refractivity contribution is 0.0317. The molecule has 2 aliphatic heterocycles. The van der Waals surface area contributed by atoms with Crippen LogP contribution in [-0.2, 0) is 9.47 Å². The van der Waals surface area contributed by atoms with Gasteiger partial charge in [-0.25, -0.2) is 0 Å². The van der Waals surface area contributed by atoms with Gasteiger partial charge in [-0.15, -0.1) is 0 Å². The van der Waals surface area contributed by atoms with Crippen LogP contribution in [0, 0.1) is 0 Å². The molecule has 3 heteroatoms. The summed E-state index contributed by atoms with van der Waals surface area (Å²) in [5.74, 6) is 0. The summed E-state index contributed by atoms with van der Waals surface area (Å²) in [6.07, 6.45) is 1.48. The molecule has 1 aromatic rings. The van der Waals surface area contributed by atoms with E-state index in [0.29, 0.717) is 6.79 Å². The monoisotopic (exact) mass is 191 g/mol. The first-order valence-corrected chi connectivity index (χ1v) is 5.00. The van der Waals surface area contributed by atoms with Gasteiger partial charge in [0.1, 0.15) is 12.9 Å². The van der Waals surface area contributed by atoms with Crippen LogP contribution in [-0.4, -0.2) is 25.7 Å². The molecule has 0 saturated carbocycles. The number of hydrogen-bond donors (Lipinski definition) is 0. The van der Waals surface area contributed by atoms with Gasteiger partial charge in [-0.1, -0.05) is 18.2 Å². The summed E-state index contributed by atoms with van der Waals surface area (Å²) in [7, 11) is 0. The van der Waals surface area contributed by atoms with Crippen molar-refractivity contribution in [3.8, 4) is 0 Å². The fourth-order valence-corrected chi connectivity index (χ4v) is 2.19. The van der Waals surface area contributed by atoms with E-state index in [1.165, 1.54) is 5.69 Å². The van der Waals surface area contributed by atoms with Crippen LogP contribution in [0.25, 0.3) is 0 Å². The Hall–Kier alpha value is -1.06. The molecule has 0 N–H and O–H groups in total. The van der Waals surface area contributed by atoms with Crippen molar-refractivity contribution in [2.45, 2.75) is 18.8 Å². The molecule has 14 heavy (non-hydrogen) atoms. The summed E-state index contributed by atoms with van der Waals surface area (Å²) < 4.78 is 11.0. The summed E-state index contributed by atoms with van der Waals surface area (Å²) in [5.41, 5.74) is 1.23. The summed E-state index contributed by atoms with van der Waals surface area (Å²) in [4.78, 5) is 2.28. The highest BCUT2D eigenvalue weighted by Crippen LogP contribution is 2.31. The van der Waals surface area contributed by atoms with Gasteiger partial charge in [0.2, 0.25) is 0 Å². The maximum absolute atomic E-state index is 5.55. The first-order valence-electron chi connectivity index (χ1n) is 5.00. The lowest BCUT2D eigenvalue weighted by atomic mass is 10.3. The van der Waals surface area contributed by atoms with E-state index >= 15 is 0 Å². The van der Waals surface area contributed by atoms with Crippen LogP contribution in [0.1, 0.15) is 6.42 Å². The maximum atomic E-state index is 5.55.